The van der Waals surface area contributed by atoms with Crippen molar-refractivity contribution in [2.45, 2.75) is 229 Å². The maximum absolute atomic E-state index is 11.3. The fourth-order valence-corrected chi connectivity index (χ4v) is 19.3. The highest BCUT2D eigenvalue weighted by Gasteiger charge is 2.59. The first-order valence-corrected chi connectivity index (χ1v) is 45.5. The normalized spacial score (nSPS) is 28.1. The molecule has 14 rings (SSSR count). The molecule has 14 aliphatic rings. The minimum atomic E-state index is -4.64. The Morgan fingerprint density at radius 3 is 0.925 bits per heavy atom. The number of esters is 8. The molecule has 0 spiro atoms. The number of hydrogen-bond donors (Lipinski definition) is 0. The molecule has 34 nitrogen and oxygen atoms in total. The van der Waals surface area contributed by atoms with Gasteiger partial charge in [-0.3, -0.25) is 42.5 Å². The van der Waals surface area contributed by atoms with E-state index < -0.39 is 145 Å². The molecule has 2 heterocycles. The molecule has 8 atom stereocenters. The zero-order valence-corrected chi connectivity index (χ0v) is 68.0. The average Bonchev–Trinajstić information content (AvgIpc) is 1.58. The highest BCUT2D eigenvalue weighted by Crippen LogP contribution is 2.56. The molecule has 2 saturated heterocycles. The maximum atomic E-state index is 11.3. The predicted molar refractivity (Wildman–Crippen MR) is 374 cm³/mol. The number of rotatable bonds is 18. The van der Waals surface area contributed by atoms with Gasteiger partial charge in [0.2, 0.25) is 13.6 Å². The van der Waals surface area contributed by atoms with Crippen LogP contribution < -0.4 is 0 Å². The molecule has 14 fully saturated rings. The van der Waals surface area contributed by atoms with E-state index >= 15 is 0 Å². The highest BCUT2D eigenvalue weighted by atomic mass is 32.2. The Balaban J connectivity index is 0.00000116. The summed E-state index contributed by atoms with van der Waals surface area (Å²) in [6, 6.07) is 0. The lowest BCUT2D eigenvalue weighted by Gasteiger charge is -2.49. The Morgan fingerprint density at radius 1 is 0.377 bits per heavy atom. The highest BCUT2D eigenvalue weighted by molar-refractivity contribution is 7.88. The molecule has 0 aromatic heterocycles. The van der Waals surface area contributed by atoms with Gasteiger partial charge in [0.05, 0.1) is 46.4 Å². The minimum absolute atomic E-state index is 0.0590. The fraction of sp³-hybridized carbons (Fsp3) is 0.879. The van der Waals surface area contributed by atoms with Gasteiger partial charge in [0, 0.05) is 32.1 Å². The SMILES string of the molecule is C1C2CC3CC1CC(C2)C3.C1C2CC3CC1CC(C2)C3.CC.CC.CC.CC.CC(=O)OCCS(=O)(=O)[O-].CC(=O)OCOC(=O)CS(=O)(=O)[O-].CCC(=O)OCOC(=O)CS(=O)(=O)[O-].CCOC(=O)CS(=O)(=O)[O-].CCOC(=O)CS(=O)(=O)[O-].O=C1OC2CC3CC1C2C3.O=S1(=O)OC2CC3CC2C1C3. The van der Waals surface area contributed by atoms with E-state index in [1.165, 1.54) is 74.5 Å². The number of carbonyl (C=O) groups excluding carboxylic acids is 8. The molecule has 0 amide bonds. The lowest BCUT2D eigenvalue weighted by molar-refractivity contribution is -0.166. The first-order chi connectivity index (χ1) is 49.3. The van der Waals surface area contributed by atoms with E-state index in [9.17, 15) is 112 Å². The van der Waals surface area contributed by atoms with Crippen LogP contribution in [0.1, 0.15) is 212 Å². The molecule has 622 valence electrons. The van der Waals surface area contributed by atoms with Crippen LogP contribution in [0.2, 0.25) is 0 Å². The van der Waals surface area contributed by atoms with Crippen molar-refractivity contribution in [3.63, 3.8) is 0 Å². The van der Waals surface area contributed by atoms with Crippen LogP contribution in [0, 0.1) is 76.9 Å². The first-order valence-electron chi connectivity index (χ1n) is 36.1. The Kier molecular flexibility index (Phi) is 47.2. The number of carbonyl (C=O) groups is 8. The quantitative estimate of drug-likeness (QED) is 0.0491. The van der Waals surface area contributed by atoms with E-state index in [-0.39, 0.29) is 43.6 Å². The molecule has 0 aromatic rings. The Hall–Kier alpha value is -4.78. The zero-order valence-electron chi connectivity index (χ0n) is 63.1. The van der Waals surface area contributed by atoms with Gasteiger partial charge in [-0.05, 0) is 189 Å². The third-order valence-corrected chi connectivity index (χ3v) is 23.1. The lowest BCUT2D eigenvalue weighted by atomic mass is 9.56. The van der Waals surface area contributed by atoms with Crippen LogP contribution in [0.3, 0.4) is 0 Å². The number of hydrogen-bond acceptors (Lipinski definition) is 34. The summed E-state index contributed by atoms with van der Waals surface area (Å²) < 4.78 is 211. The lowest BCUT2D eigenvalue weighted by Crippen LogP contribution is -2.38. The van der Waals surface area contributed by atoms with E-state index in [0.29, 0.717) is 29.8 Å². The fourth-order valence-electron chi connectivity index (χ4n) is 15.6. The van der Waals surface area contributed by atoms with Crippen LogP contribution in [-0.2, 0) is 141 Å². The van der Waals surface area contributed by atoms with Crippen LogP contribution in [0.4, 0.5) is 0 Å². The molecule has 0 aromatic carbocycles. The van der Waals surface area contributed by atoms with Gasteiger partial charge in [-0.2, -0.15) is 8.42 Å². The van der Waals surface area contributed by atoms with Crippen molar-refractivity contribution < 1.29 is 154 Å². The average molecular weight is 1640 g/mol. The molecular weight excluding hydrogens is 1530 g/mol. The molecule has 0 radical (unpaired) electrons. The molecule has 2 aliphatic heterocycles. The Labute approximate surface area is 627 Å². The molecule has 8 unspecified atom stereocenters. The van der Waals surface area contributed by atoms with E-state index in [0.717, 1.165) is 51.9 Å². The van der Waals surface area contributed by atoms with Crippen molar-refractivity contribution in [2.24, 2.45) is 76.9 Å². The molecule has 12 aliphatic carbocycles. The first kappa shape index (κ1) is 101. The molecule has 0 N–H and O–H groups in total. The summed E-state index contributed by atoms with van der Waals surface area (Å²) in [5, 5.41) is -0.133. The smallest absolute Gasteiger partial charge is 0.322 e. The van der Waals surface area contributed by atoms with Gasteiger partial charge >= 0.3 is 47.8 Å². The van der Waals surface area contributed by atoms with Gasteiger partial charge in [-0.1, -0.05) is 62.3 Å². The van der Waals surface area contributed by atoms with Gasteiger partial charge in [0.25, 0.3) is 10.1 Å². The second-order valence-electron chi connectivity index (χ2n) is 26.3. The summed E-state index contributed by atoms with van der Waals surface area (Å²) in [5.41, 5.74) is 0. The molecule has 12 bridgehead atoms. The summed E-state index contributed by atoms with van der Waals surface area (Å²) in [4.78, 5) is 83.2. The number of ether oxygens (including phenoxy) is 8. The van der Waals surface area contributed by atoms with Gasteiger partial charge in [-0.15, -0.1) is 0 Å². The summed E-state index contributed by atoms with van der Waals surface area (Å²) in [6.07, 6.45) is 26.2. The predicted octanol–water partition coefficient (Wildman–Crippen LogP) is 6.11. The second kappa shape index (κ2) is 49.5. The van der Waals surface area contributed by atoms with Gasteiger partial charge in [0.15, 0.2) is 0 Å². The van der Waals surface area contributed by atoms with E-state index in [4.69, 9.17) is 8.92 Å². The van der Waals surface area contributed by atoms with Crippen LogP contribution in [0.15, 0.2) is 0 Å². The van der Waals surface area contributed by atoms with E-state index in [1.54, 1.807) is 77.0 Å². The van der Waals surface area contributed by atoms with Crippen molar-refractivity contribution in [3.05, 3.63) is 0 Å². The standard InChI is InChI=1S/2C10H16.C8H10O2.C7H10O3S.C6H10O7S.C5H8O7S.3C4H8O5S.4C2H6/c2*1-7-2-9-4-8(1)5-10(3-7)6-9;9-8-6-2-4-1-5(6)7(3-4)10-8;8-11(9)7-3-4-1-5(7)6(2-4)10-11;1-2-5(7)12-4-13-6(8)3-14(9,10)11;1-4(6)11-3-12-5(7)2-13(8,9)10;1-4(5)9-2-3-10(6,7)8;2*1-2-9-4(5)3-10(6,7)8;4*1-2/h2*7-10H,1-6H2;4-7H,1-3H2;4-7H,1-3H2;2-4H2,1H3,(H,9,10,11);2-3H2,1H3,(H,8,9,10);3*2-3H2,1H3,(H,6,7,8);4*1-2H3/p-5. The molecule has 40 heteroatoms. The zero-order chi connectivity index (χ0) is 81.7. The second-order valence-corrected chi connectivity index (χ2v) is 35.2. The van der Waals surface area contributed by atoms with Gasteiger partial charge in [0.1, 0.15) is 76.2 Å². The van der Waals surface area contributed by atoms with Crippen molar-refractivity contribution in [1.29, 1.82) is 0 Å². The van der Waals surface area contributed by atoms with Gasteiger partial charge < -0.3 is 60.7 Å². The van der Waals surface area contributed by atoms with Crippen LogP contribution >= 0.6 is 0 Å². The van der Waals surface area contributed by atoms with Crippen LogP contribution in [0.25, 0.3) is 0 Å². The maximum Gasteiger partial charge on any atom is 0.322 e. The third kappa shape index (κ3) is 43.0. The van der Waals surface area contributed by atoms with Crippen molar-refractivity contribution >= 4 is 108 Å². The van der Waals surface area contributed by atoms with Crippen molar-refractivity contribution in [2.75, 3.05) is 62.2 Å². The third-order valence-electron chi connectivity index (χ3n) is 18.3. The van der Waals surface area contributed by atoms with Crippen molar-refractivity contribution in [1.82, 2.24) is 0 Å². The minimum Gasteiger partial charge on any atom is -0.748 e. The molecular formula is C66H113O34S6-5. The Morgan fingerprint density at radius 2 is 0.670 bits per heavy atom. The Bertz CT molecular complexity index is 3230. The largest absolute Gasteiger partial charge is 0.748 e. The van der Waals surface area contributed by atoms with Crippen LogP contribution in [-0.4, -0.2) is 201 Å². The summed E-state index contributed by atoms with van der Waals surface area (Å²) in [5.74, 6) is 0.526. The topological polar surface area (TPSA) is 540 Å². The van der Waals surface area contributed by atoms with Crippen LogP contribution in [0.5, 0.6) is 0 Å². The van der Waals surface area contributed by atoms with E-state index in [2.05, 4.69) is 33.2 Å². The molecule has 106 heavy (non-hydrogen) atoms. The summed E-state index contributed by atoms with van der Waals surface area (Å²) in [6.45, 7) is 21.2. The number of fused-ring (bicyclic) bond motifs is 2. The monoisotopic (exact) mass is 1640 g/mol. The molecule has 12 saturated carbocycles. The van der Waals surface area contributed by atoms with Gasteiger partial charge in [-0.25, -0.2) is 42.1 Å². The summed E-state index contributed by atoms with van der Waals surface area (Å²) in [7, 11) is -25.6. The summed E-state index contributed by atoms with van der Waals surface area (Å²) >= 11 is 0. The van der Waals surface area contributed by atoms with E-state index in [1.807, 2.05) is 55.4 Å². The van der Waals surface area contributed by atoms with Crippen molar-refractivity contribution in [3.8, 4) is 0 Å².